The molecule has 0 bridgehead atoms. The van der Waals surface area contributed by atoms with Gasteiger partial charge in [-0.3, -0.25) is 0 Å². The van der Waals surface area contributed by atoms with E-state index in [1.807, 2.05) is 6.07 Å². The summed E-state index contributed by atoms with van der Waals surface area (Å²) in [4.78, 5) is 0. The van der Waals surface area contributed by atoms with Crippen LogP contribution < -0.4 is 11.5 Å². The molecule has 20 heavy (non-hydrogen) atoms. The van der Waals surface area contributed by atoms with Crippen molar-refractivity contribution >= 4 is 11.4 Å². The lowest BCUT2D eigenvalue weighted by Crippen LogP contribution is -2.02. The van der Waals surface area contributed by atoms with E-state index in [2.05, 4.69) is 26.0 Å². The third kappa shape index (κ3) is 6.31. The summed E-state index contributed by atoms with van der Waals surface area (Å²) in [6.45, 7) is 4.52. The van der Waals surface area contributed by atoms with E-state index in [-0.39, 0.29) is 0 Å². The Hall–Kier alpha value is -1.18. The highest BCUT2D eigenvalue weighted by molar-refractivity contribution is 5.55. The average Bonchev–Trinajstić information content (AvgIpc) is 2.40. The van der Waals surface area contributed by atoms with Crippen LogP contribution in [0.5, 0.6) is 0 Å². The maximum atomic E-state index is 5.95. The van der Waals surface area contributed by atoms with Crippen LogP contribution in [0.1, 0.15) is 83.1 Å². The maximum absolute atomic E-state index is 5.95. The van der Waals surface area contributed by atoms with Crippen molar-refractivity contribution in [2.75, 3.05) is 11.5 Å². The molecule has 0 spiro atoms. The molecule has 0 aliphatic rings. The molecule has 1 rings (SSSR count). The summed E-state index contributed by atoms with van der Waals surface area (Å²) >= 11 is 0. The van der Waals surface area contributed by atoms with Gasteiger partial charge in [-0.2, -0.15) is 0 Å². The standard InChI is InChI=1S/C18H32N2/c1-3-5-7-9-11-15(10-8-6-4-2)16-12-17(19)14-18(20)13-16/h12-15H,3-11,19-20H2,1-2H3. The number of nitrogen functional groups attached to an aromatic ring is 2. The summed E-state index contributed by atoms with van der Waals surface area (Å²) in [5, 5.41) is 0. The van der Waals surface area contributed by atoms with E-state index in [1.165, 1.54) is 63.4 Å². The molecule has 0 amide bonds. The highest BCUT2D eigenvalue weighted by atomic mass is 14.6. The van der Waals surface area contributed by atoms with Gasteiger partial charge < -0.3 is 11.5 Å². The molecule has 0 saturated carbocycles. The zero-order valence-corrected chi connectivity index (χ0v) is 13.3. The van der Waals surface area contributed by atoms with Crippen molar-refractivity contribution < 1.29 is 0 Å². The second-order valence-corrected chi connectivity index (χ2v) is 5.98. The van der Waals surface area contributed by atoms with Gasteiger partial charge in [0.2, 0.25) is 0 Å². The molecule has 0 aromatic heterocycles. The molecule has 0 saturated heterocycles. The SMILES string of the molecule is CCCCCCC(CCCCC)c1cc(N)cc(N)c1. The fourth-order valence-corrected chi connectivity index (χ4v) is 2.87. The van der Waals surface area contributed by atoms with Crippen molar-refractivity contribution in [2.45, 2.75) is 77.6 Å². The number of benzene rings is 1. The van der Waals surface area contributed by atoms with E-state index < -0.39 is 0 Å². The second-order valence-electron chi connectivity index (χ2n) is 5.98. The molecule has 1 unspecified atom stereocenters. The van der Waals surface area contributed by atoms with Gasteiger partial charge in [-0.1, -0.05) is 58.8 Å². The third-order valence-electron chi connectivity index (χ3n) is 4.03. The molecule has 0 radical (unpaired) electrons. The van der Waals surface area contributed by atoms with E-state index >= 15 is 0 Å². The molecule has 1 aromatic carbocycles. The van der Waals surface area contributed by atoms with Crippen molar-refractivity contribution in [3.63, 3.8) is 0 Å². The maximum Gasteiger partial charge on any atom is 0.0337 e. The van der Waals surface area contributed by atoms with Crippen molar-refractivity contribution in [1.29, 1.82) is 0 Å². The number of rotatable bonds is 10. The molecule has 0 aliphatic heterocycles. The molecule has 1 atom stereocenters. The summed E-state index contributed by atoms with van der Waals surface area (Å²) in [5.41, 5.74) is 14.8. The highest BCUT2D eigenvalue weighted by Gasteiger charge is 2.12. The molecule has 0 fully saturated rings. The first-order valence-corrected chi connectivity index (χ1v) is 8.33. The summed E-state index contributed by atoms with van der Waals surface area (Å²) in [5.74, 6) is 0.629. The van der Waals surface area contributed by atoms with Gasteiger partial charge >= 0.3 is 0 Å². The minimum Gasteiger partial charge on any atom is -0.399 e. The minimum absolute atomic E-state index is 0.629. The van der Waals surface area contributed by atoms with Crippen LogP contribution in [0.25, 0.3) is 0 Å². The smallest absolute Gasteiger partial charge is 0.0337 e. The number of unbranched alkanes of at least 4 members (excludes halogenated alkanes) is 5. The predicted molar refractivity (Wildman–Crippen MR) is 90.9 cm³/mol. The molecule has 114 valence electrons. The Balaban J connectivity index is 2.64. The Morgan fingerprint density at radius 3 is 1.80 bits per heavy atom. The van der Waals surface area contributed by atoms with Crippen LogP contribution in [0, 0.1) is 0 Å². The quantitative estimate of drug-likeness (QED) is 0.439. The average molecular weight is 276 g/mol. The fourth-order valence-electron chi connectivity index (χ4n) is 2.87. The Labute approximate surface area is 124 Å². The van der Waals surface area contributed by atoms with Crippen LogP contribution in [0.2, 0.25) is 0 Å². The predicted octanol–water partition coefficient (Wildman–Crippen LogP) is 5.49. The largest absolute Gasteiger partial charge is 0.399 e. The lowest BCUT2D eigenvalue weighted by atomic mass is 9.88. The van der Waals surface area contributed by atoms with Gasteiger partial charge in [0, 0.05) is 11.4 Å². The van der Waals surface area contributed by atoms with Crippen LogP contribution in [-0.4, -0.2) is 0 Å². The van der Waals surface area contributed by atoms with E-state index in [9.17, 15) is 0 Å². The highest BCUT2D eigenvalue weighted by Crippen LogP contribution is 2.31. The van der Waals surface area contributed by atoms with Gasteiger partial charge in [0.25, 0.3) is 0 Å². The third-order valence-corrected chi connectivity index (χ3v) is 4.03. The van der Waals surface area contributed by atoms with Gasteiger partial charge in [-0.25, -0.2) is 0 Å². The Morgan fingerprint density at radius 2 is 1.25 bits per heavy atom. The monoisotopic (exact) mass is 276 g/mol. The molecular formula is C18H32N2. The number of anilines is 2. The van der Waals surface area contributed by atoms with Gasteiger partial charge in [0.15, 0.2) is 0 Å². The lowest BCUT2D eigenvalue weighted by molar-refractivity contribution is 0.501. The Morgan fingerprint density at radius 1 is 0.750 bits per heavy atom. The van der Waals surface area contributed by atoms with E-state index in [4.69, 9.17) is 11.5 Å². The number of hydrogen-bond acceptors (Lipinski definition) is 2. The van der Waals surface area contributed by atoms with Gasteiger partial charge in [-0.05, 0) is 42.5 Å². The molecule has 1 aromatic rings. The zero-order chi connectivity index (χ0) is 14.8. The Kier molecular flexibility index (Phi) is 8.17. The second kappa shape index (κ2) is 9.68. The molecular weight excluding hydrogens is 244 g/mol. The number of hydrogen-bond donors (Lipinski definition) is 2. The van der Waals surface area contributed by atoms with Crippen molar-refractivity contribution in [2.24, 2.45) is 0 Å². The van der Waals surface area contributed by atoms with Crippen LogP contribution in [0.3, 0.4) is 0 Å². The molecule has 4 N–H and O–H groups in total. The van der Waals surface area contributed by atoms with Crippen molar-refractivity contribution in [3.8, 4) is 0 Å². The lowest BCUT2D eigenvalue weighted by Gasteiger charge is -2.18. The fraction of sp³-hybridized carbons (Fsp3) is 0.667. The van der Waals surface area contributed by atoms with Crippen LogP contribution in [0.4, 0.5) is 11.4 Å². The van der Waals surface area contributed by atoms with Crippen molar-refractivity contribution in [3.05, 3.63) is 23.8 Å². The summed E-state index contributed by atoms with van der Waals surface area (Å²) in [6.07, 6.45) is 11.8. The van der Waals surface area contributed by atoms with Crippen LogP contribution in [0.15, 0.2) is 18.2 Å². The normalized spacial score (nSPS) is 12.5. The van der Waals surface area contributed by atoms with Gasteiger partial charge in [0.1, 0.15) is 0 Å². The van der Waals surface area contributed by atoms with Gasteiger partial charge in [-0.15, -0.1) is 0 Å². The van der Waals surface area contributed by atoms with Crippen LogP contribution in [-0.2, 0) is 0 Å². The van der Waals surface area contributed by atoms with Gasteiger partial charge in [0.05, 0.1) is 0 Å². The molecule has 2 nitrogen and oxygen atoms in total. The van der Waals surface area contributed by atoms with E-state index in [0.717, 1.165) is 11.4 Å². The molecule has 0 heterocycles. The van der Waals surface area contributed by atoms with E-state index in [0.29, 0.717) is 5.92 Å². The Bertz CT molecular complexity index is 353. The summed E-state index contributed by atoms with van der Waals surface area (Å²) < 4.78 is 0. The first-order chi connectivity index (χ1) is 9.67. The minimum atomic E-state index is 0.629. The first kappa shape index (κ1) is 16.9. The molecule has 2 heteroatoms. The summed E-state index contributed by atoms with van der Waals surface area (Å²) in [7, 11) is 0. The van der Waals surface area contributed by atoms with Crippen molar-refractivity contribution in [1.82, 2.24) is 0 Å². The zero-order valence-electron chi connectivity index (χ0n) is 13.3. The first-order valence-electron chi connectivity index (χ1n) is 8.33. The topological polar surface area (TPSA) is 52.0 Å². The van der Waals surface area contributed by atoms with Crippen LogP contribution >= 0.6 is 0 Å². The number of nitrogens with two attached hydrogens (primary N) is 2. The summed E-state index contributed by atoms with van der Waals surface area (Å²) in [6, 6.07) is 6.09. The molecule has 0 aliphatic carbocycles. The van der Waals surface area contributed by atoms with E-state index in [1.54, 1.807) is 0 Å².